The molecule has 0 radical (unpaired) electrons. The largest absolute Gasteiger partial charge is 0.387 e. The smallest absolute Gasteiger partial charge is 0.186 e. The fourth-order valence-corrected chi connectivity index (χ4v) is 1.42. The molecule has 0 saturated carbocycles. The highest BCUT2D eigenvalue weighted by molar-refractivity contribution is 5.05. The van der Waals surface area contributed by atoms with Gasteiger partial charge in [-0.2, -0.15) is 0 Å². The zero-order valence-electron chi connectivity index (χ0n) is 7.93. The van der Waals surface area contributed by atoms with Gasteiger partial charge in [0, 0.05) is 0 Å². The van der Waals surface area contributed by atoms with Gasteiger partial charge in [-0.05, 0) is 20.8 Å². The van der Waals surface area contributed by atoms with Gasteiger partial charge in [0.1, 0.15) is 17.3 Å². The Morgan fingerprint density at radius 3 is 2.00 bits per heavy atom. The van der Waals surface area contributed by atoms with E-state index in [4.69, 9.17) is 4.74 Å². The number of hydrogen-bond acceptors (Lipinski definition) is 5. The molecule has 5 atom stereocenters. The molecule has 0 unspecified atom stereocenters. The van der Waals surface area contributed by atoms with Crippen LogP contribution in [0.3, 0.4) is 0 Å². The molecule has 1 rings (SSSR count). The van der Waals surface area contributed by atoms with Gasteiger partial charge in [0.25, 0.3) is 0 Å². The summed E-state index contributed by atoms with van der Waals surface area (Å²) in [6, 6.07) is 0. The normalized spacial score (nSPS) is 57.9. The summed E-state index contributed by atoms with van der Waals surface area (Å²) in [5.74, 6) is 0. The van der Waals surface area contributed by atoms with Crippen molar-refractivity contribution in [2.45, 2.75) is 50.5 Å². The first kappa shape index (κ1) is 10.9. The third-order valence-electron chi connectivity index (χ3n) is 2.87. The van der Waals surface area contributed by atoms with Crippen LogP contribution in [-0.2, 0) is 4.74 Å². The Balaban J connectivity index is 3.00. The second kappa shape index (κ2) is 2.90. The summed E-state index contributed by atoms with van der Waals surface area (Å²) in [5, 5.41) is 38.3. The Morgan fingerprint density at radius 2 is 1.54 bits per heavy atom. The van der Waals surface area contributed by atoms with E-state index in [-0.39, 0.29) is 0 Å². The Labute approximate surface area is 76.6 Å². The highest BCUT2D eigenvalue weighted by Gasteiger charge is 2.58. The van der Waals surface area contributed by atoms with E-state index in [1.807, 2.05) is 0 Å². The van der Waals surface area contributed by atoms with Crippen LogP contribution in [0.25, 0.3) is 0 Å². The molecule has 1 aliphatic heterocycles. The summed E-state index contributed by atoms with van der Waals surface area (Å²) in [7, 11) is 0. The fraction of sp³-hybridized carbons (Fsp3) is 1.00. The van der Waals surface area contributed by atoms with Gasteiger partial charge in [-0.3, -0.25) is 0 Å². The Bertz CT molecular complexity index is 201. The van der Waals surface area contributed by atoms with Crippen LogP contribution in [0.15, 0.2) is 0 Å². The van der Waals surface area contributed by atoms with E-state index >= 15 is 0 Å². The van der Waals surface area contributed by atoms with Crippen LogP contribution in [-0.4, -0.2) is 50.1 Å². The fourth-order valence-electron chi connectivity index (χ4n) is 1.42. The maximum Gasteiger partial charge on any atom is 0.186 e. The topological polar surface area (TPSA) is 90.2 Å². The number of rotatable bonds is 0. The molecule has 0 bridgehead atoms. The summed E-state index contributed by atoms with van der Waals surface area (Å²) >= 11 is 0. The maximum absolute atomic E-state index is 9.77. The summed E-state index contributed by atoms with van der Waals surface area (Å²) in [6.45, 7) is 3.99. The van der Waals surface area contributed by atoms with E-state index in [1.165, 1.54) is 20.8 Å². The molecule has 0 aromatic rings. The molecule has 5 heteroatoms. The highest BCUT2D eigenvalue weighted by atomic mass is 16.6. The summed E-state index contributed by atoms with van der Waals surface area (Å²) in [6.07, 6.45) is -3.45. The molecule has 0 amide bonds. The van der Waals surface area contributed by atoms with Crippen LogP contribution in [0, 0.1) is 0 Å². The quantitative estimate of drug-likeness (QED) is 0.378. The van der Waals surface area contributed by atoms with Gasteiger partial charge >= 0.3 is 0 Å². The second-order valence-corrected chi connectivity index (χ2v) is 3.93. The van der Waals surface area contributed by atoms with Crippen molar-refractivity contribution in [1.29, 1.82) is 0 Å². The van der Waals surface area contributed by atoms with Crippen LogP contribution in [0.1, 0.15) is 20.8 Å². The SMILES string of the molecule is C[C@H]1O[C@@H](O)[C@](C)(O)[C@@](C)(O)[C@@H]1O. The van der Waals surface area contributed by atoms with Gasteiger partial charge in [-0.25, -0.2) is 0 Å². The predicted molar refractivity (Wildman–Crippen MR) is 43.8 cm³/mol. The monoisotopic (exact) mass is 192 g/mol. The van der Waals surface area contributed by atoms with Gasteiger partial charge in [0.2, 0.25) is 0 Å². The Morgan fingerprint density at radius 1 is 1.08 bits per heavy atom. The van der Waals surface area contributed by atoms with Crippen molar-refractivity contribution in [1.82, 2.24) is 0 Å². The van der Waals surface area contributed by atoms with E-state index < -0.39 is 29.7 Å². The van der Waals surface area contributed by atoms with Crippen molar-refractivity contribution in [2.24, 2.45) is 0 Å². The minimum absolute atomic E-state index is 0.717. The predicted octanol–water partition coefficient (Wildman–Crippen LogP) is -1.41. The molecule has 0 aromatic heterocycles. The lowest BCUT2D eigenvalue weighted by Gasteiger charge is -2.50. The van der Waals surface area contributed by atoms with Crippen LogP contribution >= 0.6 is 0 Å². The molecular formula is C8H16O5. The lowest BCUT2D eigenvalue weighted by molar-refractivity contribution is -0.348. The van der Waals surface area contributed by atoms with Crippen molar-refractivity contribution in [3.63, 3.8) is 0 Å². The summed E-state index contributed by atoms with van der Waals surface area (Å²) in [4.78, 5) is 0. The molecule has 0 aromatic carbocycles. The third kappa shape index (κ3) is 1.37. The van der Waals surface area contributed by atoms with Crippen molar-refractivity contribution >= 4 is 0 Å². The van der Waals surface area contributed by atoms with E-state index in [9.17, 15) is 20.4 Å². The lowest BCUT2D eigenvalue weighted by atomic mass is 9.77. The standard InChI is InChI=1S/C8H16O5/c1-4-5(9)7(2,11)8(3,12)6(10)13-4/h4-6,9-12H,1-3H3/t4-,5-,6-,7+,8+/m1/s1. The van der Waals surface area contributed by atoms with E-state index in [1.54, 1.807) is 0 Å². The first-order chi connectivity index (χ1) is 5.71. The molecule has 0 aliphatic carbocycles. The zero-order chi connectivity index (χ0) is 10.4. The Kier molecular flexibility index (Phi) is 2.42. The van der Waals surface area contributed by atoms with Gasteiger partial charge in [0.05, 0.1) is 6.10 Å². The van der Waals surface area contributed by atoms with Crippen LogP contribution in [0.2, 0.25) is 0 Å². The van der Waals surface area contributed by atoms with E-state index in [2.05, 4.69) is 0 Å². The number of hydrogen-bond donors (Lipinski definition) is 4. The molecule has 5 nitrogen and oxygen atoms in total. The molecule has 1 fully saturated rings. The van der Waals surface area contributed by atoms with Gasteiger partial charge in [-0.1, -0.05) is 0 Å². The lowest BCUT2D eigenvalue weighted by Crippen LogP contribution is -2.70. The Hall–Kier alpha value is -0.200. The highest BCUT2D eigenvalue weighted by Crippen LogP contribution is 2.36. The third-order valence-corrected chi connectivity index (χ3v) is 2.87. The molecule has 1 heterocycles. The molecule has 1 aliphatic rings. The first-order valence-electron chi connectivity index (χ1n) is 4.17. The van der Waals surface area contributed by atoms with E-state index in [0.717, 1.165) is 0 Å². The summed E-state index contributed by atoms with van der Waals surface area (Å²) < 4.78 is 4.84. The molecule has 78 valence electrons. The molecule has 4 N–H and O–H groups in total. The van der Waals surface area contributed by atoms with Crippen molar-refractivity contribution in [2.75, 3.05) is 0 Å². The maximum atomic E-state index is 9.77. The van der Waals surface area contributed by atoms with Crippen molar-refractivity contribution in [3.8, 4) is 0 Å². The van der Waals surface area contributed by atoms with Crippen LogP contribution in [0.4, 0.5) is 0 Å². The van der Waals surface area contributed by atoms with Gasteiger partial charge in [0.15, 0.2) is 6.29 Å². The van der Waals surface area contributed by atoms with Crippen molar-refractivity contribution in [3.05, 3.63) is 0 Å². The zero-order valence-corrected chi connectivity index (χ0v) is 7.93. The molecular weight excluding hydrogens is 176 g/mol. The average Bonchev–Trinajstić information content (AvgIpc) is 2.00. The average molecular weight is 192 g/mol. The molecule has 13 heavy (non-hydrogen) atoms. The van der Waals surface area contributed by atoms with E-state index in [0.29, 0.717) is 0 Å². The van der Waals surface area contributed by atoms with Crippen LogP contribution < -0.4 is 0 Å². The van der Waals surface area contributed by atoms with Crippen LogP contribution in [0.5, 0.6) is 0 Å². The minimum Gasteiger partial charge on any atom is -0.387 e. The minimum atomic E-state index is -1.88. The van der Waals surface area contributed by atoms with Crippen molar-refractivity contribution < 1.29 is 25.2 Å². The number of aliphatic hydroxyl groups is 4. The second-order valence-electron chi connectivity index (χ2n) is 3.93. The van der Waals surface area contributed by atoms with Gasteiger partial charge < -0.3 is 25.2 Å². The molecule has 0 spiro atoms. The van der Waals surface area contributed by atoms with Gasteiger partial charge in [-0.15, -0.1) is 0 Å². The number of aliphatic hydroxyl groups excluding tert-OH is 2. The molecule has 1 saturated heterocycles. The first-order valence-corrected chi connectivity index (χ1v) is 4.17. The summed E-state index contributed by atoms with van der Waals surface area (Å²) in [5.41, 5.74) is -3.66. The number of ether oxygens (including phenoxy) is 1.